The van der Waals surface area contributed by atoms with Crippen molar-refractivity contribution in [3.8, 4) is 0 Å². The molecular formula is C19H34ClIN4O2. The van der Waals surface area contributed by atoms with Crippen molar-refractivity contribution in [2.75, 3.05) is 60.7 Å². The summed E-state index contributed by atoms with van der Waals surface area (Å²) in [6, 6.07) is 8.15. The second-order valence-electron chi connectivity index (χ2n) is 6.14. The highest BCUT2D eigenvalue weighted by molar-refractivity contribution is 14.0. The predicted molar refractivity (Wildman–Crippen MR) is 125 cm³/mol. The molecule has 1 atom stereocenters. The van der Waals surface area contributed by atoms with Crippen molar-refractivity contribution in [1.29, 1.82) is 0 Å². The average Bonchev–Trinajstić information content (AvgIpc) is 2.62. The molecule has 0 heterocycles. The first kappa shape index (κ1) is 26.4. The van der Waals surface area contributed by atoms with Crippen LogP contribution >= 0.6 is 35.6 Å². The fourth-order valence-electron chi connectivity index (χ4n) is 2.40. The molecule has 0 bridgehead atoms. The summed E-state index contributed by atoms with van der Waals surface area (Å²) >= 11 is 6.00. The van der Waals surface area contributed by atoms with Crippen LogP contribution in [-0.4, -0.2) is 71.5 Å². The number of hydrogen-bond donors (Lipinski definition) is 2. The molecule has 8 heteroatoms. The minimum atomic E-state index is 0. The Morgan fingerprint density at radius 1 is 1.15 bits per heavy atom. The van der Waals surface area contributed by atoms with E-state index in [-0.39, 0.29) is 30.0 Å². The van der Waals surface area contributed by atoms with E-state index in [2.05, 4.69) is 48.7 Å². The van der Waals surface area contributed by atoms with Gasteiger partial charge in [-0.1, -0.05) is 23.7 Å². The molecule has 27 heavy (non-hydrogen) atoms. The van der Waals surface area contributed by atoms with Crippen LogP contribution in [0.4, 0.5) is 0 Å². The maximum Gasteiger partial charge on any atom is 0.191 e. The lowest BCUT2D eigenvalue weighted by atomic mass is 10.1. The first-order valence-corrected chi connectivity index (χ1v) is 9.47. The fourth-order valence-corrected chi connectivity index (χ4v) is 2.52. The standard InChI is InChI=1S/C19H33ClN4O2.HI/c1-5-21-19(22-11-6-12-26-14-13-25-4)23-15-18(24(2)3)16-7-9-17(20)10-8-16;/h7-10,18H,5-6,11-15H2,1-4H3,(H2,21,22,23);1H. The van der Waals surface area contributed by atoms with E-state index < -0.39 is 0 Å². The molecule has 1 aromatic carbocycles. The van der Waals surface area contributed by atoms with Crippen LogP contribution in [0.5, 0.6) is 0 Å². The monoisotopic (exact) mass is 512 g/mol. The number of likely N-dealkylation sites (N-methyl/N-ethyl adjacent to an activating group) is 1. The lowest BCUT2D eigenvalue weighted by Crippen LogP contribution is -2.38. The zero-order chi connectivity index (χ0) is 19.2. The summed E-state index contributed by atoms with van der Waals surface area (Å²) in [6.45, 7) is 6.34. The number of guanidine groups is 1. The van der Waals surface area contributed by atoms with Crippen molar-refractivity contribution in [3.05, 3.63) is 34.9 Å². The van der Waals surface area contributed by atoms with Gasteiger partial charge in [-0.2, -0.15) is 0 Å². The highest BCUT2D eigenvalue weighted by Crippen LogP contribution is 2.20. The number of hydrogen-bond acceptors (Lipinski definition) is 4. The topological polar surface area (TPSA) is 58.1 Å². The van der Waals surface area contributed by atoms with Crippen LogP contribution in [-0.2, 0) is 9.47 Å². The molecule has 0 aliphatic rings. The zero-order valence-corrected chi connectivity index (χ0v) is 19.9. The molecule has 0 amide bonds. The Hall–Kier alpha value is -0.610. The van der Waals surface area contributed by atoms with E-state index in [1.165, 1.54) is 5.56 Å². The number of nitrogens with one attached hydrogen (secondary N) is 2. The summed E-state index contributed by atoms with van der Waals surface area (Å²) in [6.07, 6.45) is 0.919. The third kappa shape index (κ3) is 11.7. The average molecular weight is 513 g/mol. The second-order valence-corrected chi connectivity index (χ2v) is 6.57. The molecule has 6 nitrogen and oxygen atoms in total. The van der Waals surface area contributed by atoms with Crippen molar-refractivity contribution in [2.45, 2.75) is 19.4 Å². The maximum atomic E-state index is 6.00. The van der Waals surface area contributed by atoms with Gasteiger partial charge in [0.25, 0.3) is 0 Å². The van der Waals surface area contributed by atoms with Crippen molar-refractivity contribution in [2.24, 2.45) is 4.99 Å². The number of nitrogens with zero attached hydrogens (tertiary/aromatic N) is 2. The number of methoxy groups -OCH3 is 1. The number of ether oxygens (including phenoxy) is 2. The van der Waals surface area contributed by atoms with Gasteiger partial charge in [0, 0.05) is 31.8 Å². The molecule has 1 rings (SSSR count). The quantitative estimate of drug-likeness (QED) is 0.195. The van der Waals surface area contributed by atoms with E-state index >= 15 is 0 Å². The molecule has 1 unspecified atom stereocenters. The normalized spacial score (nSPS) is 12.6. The molecule has 0 aliphatic carbocycles. The van der Waals surface area contributed by atoms with Crippen LogP contribution in [0.3, 0.4) is 0 Å². The first-order valence-electron chi connectivity index (χ1n) is 9.09. The molecular weight excluding hydrogens is 479 g/mol. The van der Waals surface area contributed by atoms with Gasteiger partial charge in [0.1, 0.15) is 0 Å². The van der Waals surface area contributed by atoms with E-state index in [0.717, 1.165) is 30.5 Å². The predicted octanol–water partition coefficient (Wildman–Crippen LogP) is 3.17. The van der Waals surface area contributed by atoms with Crippen molar-refractivity contribution >= 4 is 41.5 Å². The molecule has 0 aromatic heterocycles. The SMILES string of the molecule is CCNC(=NCC(c1ccc(Cl)cc1)N(C)C)NCCCOCCOC.I. The smallest absolute Gasteiger partial charge is 0.191 e. The molecule has 0 fully saturated rings. The van der Waals surface area contributed by atoms with Crippen LogP contribution in [0.1, 0.15) is 24.9 Å². The van der Waals surface area contributed by atoms with Crippen molar-refractivity contribution < 1.29 is 9.47 Å². The fraction of sp³-hybridized carbons (Fsp3) is 0.632. The molecule has 2 N–H and O–H groups in total. The number of benzene rings is 1. The van der Waals surface area contributed by atoms with Gasteiger partial charge >= 0.3 is 0 Å². The van der Waals surface area contributed by atoms with Gasteiger partial charge in [0.15, 0.2) is 5.96 Å². The van der Waals surface area contributed by atoms with Gasteiger partial charge in [-0.15, -0.1) is 24.0 Å². The van der Waals surface area contributed by atoms with Crippen LogP contribution in [0.15, 0.2) is 29.3 Å². The molecule has 0 saturated heterocycles. The lowest BCUT2D eigenvalue weighted by Gasteiger charge is -2.24. The highest BCUT2D eigenvalue weighted by atomic mass is 127. The molecule has 0 radical (unpaired) electrons. The Morgan fingerprint density at radius 2 is 1.85 bits per heavy atom. The molecule has 0 saturated carbocycles. The third-order valence-corrected chi connectivity index (χ3v) is 4.09. The van der Waals surface area contributed by atoms with Gasteiger partial charge in [0.05, 0.1) is 25.8 Å². The van der Waals surface area contributed by atoms with Gasteiger partial charge in [-0.05, 0) is 45.1 Å². The maximum absolute atomic E-state index is 6.00. The first-order chi connectivity index (χ1) is 12.6. The number of aliphatic imine (C=N–C) groups is 1. The molecule has 0 spiro atoms. The van der Waals surface area contributed by atoms with Gasteiger partial charge in [-0.3, -0.25) is 4.99 Å². The van der Waals surface area contributed by atoms with E-state index in [1.807, 2.05) is 12.1 Å². The lowest BCUT2D eigenvalue weighted by molar-refractivity contribution is 0.0698. The third-order valence-electron chi connectivity index (χ3n) is 3.83. The Balaban J connectivity index is 0.00000676. The largest absolute Gasteiger partial charge is 0.382 e. The summed E-state index contributed by atoms with van der Waals surface area (Å²) in [5.41, 5.74) is 1.20. The van der Waals surface area contributed by atoms with Crippen molar-refractivity contribution in [1.82, 2.24) is 15.5 Å². The van der Waals surface area contributed by atoms with E-state index in [9.17, 15) is 0 Å². The number of rotatable bonds is 12. The van der Waals surface area contributed by atoms with E-state index in [0.29, 0.717) is 26.4 Å². The summed E-state index contributed by atoms with van der Waals surface area (Å²) in [7, 11) is 5.80. The molecule has 1 aromatic rings. The highest BCUT2D eigenvalue weighted by Gasteiger charge is 2.14. The van der Waals surface area contributed by atoms with Crippen LogP contribution in [0.25, 0.3) is 0 Å². The van der Waals surface area contributed by atoms with E-state index in [4.69, 9.17) is 26.1 Å². The van der Waals surface area contributed by atoms with Gasteiger partial charge in [0.2, 0.25) is 0 Å². The summed E-state index contributed by atoms with van der Waals surface area (Å²) in [4.78, 5) is 6.91. The molecule has 156 valence electrons. The summed E-state index contributed by atoms with van der Waals surface area (Å²) in [5.74, 6) is 0.824. The van der Waals surface area contributed by atoms with Crippen LogP contribution in [0, 0.1) is 0 Å². The number of halogens is 2. The van der Waals surface area contributed by atoms with Crippen LogP contribution < -0.4 is 10.6 Å². The zero-order valence-electron chi connectivity index (χ0n) is 16.8. The van der Waals surface area contributed by atoms with Crippen LogP contribution in [0.2, 0.25) is 5.02 Å². The summed E-state index contributed by atoms with van der Waals surface area (Å²) < 4.78 is 10.4. The Bertz CT molecular complexity index is 515. The second kappa shape index (κ2) is 16.4. The Morgan fingerprint density at radius 3 is 2.44 bits per heavy atom. The van der Waals surface area contributed by atoms with E-state index in [1.54, 1.807) is 7.11 Å². The minimum Gasteiger partial charge on any atom is -0.382 e. The summed E-state index contributed by atoms with van der Waals surface area (Å²) in [5, 5.41) is 7.39. The van der Waals surface area contributed by atoms with Crippen molar-refractivity contribution in [3.63, 3.8) is 0 Å². The van der Waals surface area contributed by atoms with Gasteiger partial charge in [-0.25, -0.2) is 0 Å². The van der Waals surface area contributed by atoms with Gasteiger partial charge < -0.3 is 25.0 Å². The molecule has 0 aliphatic heterocycles. The Labute approximate surface area is 186 Å². The Kier molecular flexibility index (Phi) is 16.0. The minimum absolute atomic E-state index is 0.